The molecule has 1 unspecified atom stereocenters. The van der Waals surface area contributed by atoms with E-state index in [0.717, 1.165) is 50.6 Å². The summed E-state index contributed by atoms with van der Waals surface area (Å²) in [5.41, 5.74) is 2.48. The molecular formula is C24H34ClN3O2. The Balaban J connectivity index is 0.00000320. The maximum atomic E-state index is 12.8. The van der Waals surface area contributed by atoms with Gasteiger partial charge in [0.1, 0.15) is 5.75 Å². The average Bonchev–Trinajstić information content (AvgIpc) is 2.72. The molecule has 6 heteroatoms. The lowest BCUT2D eigenvalue weighted by atomic mass is 9.87. The summed E-state index contributed by atoms with van der Waals surface area (Å²) < 4.78 is 5.92. The van der Waals surface area contributed by atoms with Gasteiger partial charge in [0.2, 0.25) is 0 Å². The molecule has 0 radical (unpaired) electrons. The number of carbonyl (C=O) groups excluding carboxylic acids is 1. The quantitative estimate of drug-likeness (QED) is 0.694. The minimum Gasteiger partial charge on any atom is -0.481 e. The molecule has 1 aliphatic rings. The van der Waals surface area contributed by atoms with E-state index < -0.39 is 6.10 Å². The number of benzene rings is 1. The van der Waals surface area contributed by atoms with Crippen molar-refractivity contribution >= 4 is 18.3 Å². The maximum absolute atomic E-state index is 12.8. The zero-order chi connectivity index (χ0) is 20.9. The van der Waals surface area contributed by atoms with Gasteiger partial charge in [-0.2, -0.15) is 0 Å². The van der Waals surface area contributed by atoms with Gasteiger partial charge in [-0.25, -0.2) is 0 Å². The van der Waals surface area contributed by atoms with Gasteiger partial charge in [-0.05, 0) is 42.2 Å². The molecule has 0 bridgehead atoms. The number of carbonyl (C=O) groups is 1. The molecule has 164 valence electrons. The fourth-order valence-electron chi connectivity index (χ4n) is 3.56. The van der Waals surface area contributed by atoms with Gasteiger partial charge in [0.25, 0.3) is 5.91 Å². The van der Waals surface area contributed by atoms with Crippen LogP contribution in [-0.2, 0) is 16.6 Å². The molecule has 1 aromatic heterocycles. The fraction of sp³-hybridized carbons (Fsp3) is 0.500. The zero-order valence-corrected chi connectivity index (χ0v) is 19.3. The Kier molecular flexibility index (Phi) is 8.68. The summed E-state index contributed by atoms with van der Waals surface area (Å²) in [6.07, 6.45) is 2.30. The smallest absolute Gasteiger partial charge is 0.263 e. The van der Waals surface area contributed by atoms with Crippen LogP contribution in [0.3, 0.4) is 0 Å². The van der Waals surface area contributed by atoms with E-state index in [2.05, 4.69) is 48.9 Å². The summed E-state index contributed by atoms with van der Waals surface area (Å²) in [5, 5.41) is 0. The topological polar surface area (TPSA) is 45.7 Å². The number of aromatic nitrogens is 1. The molecule has 5 nitrogen and oxygen atoms in total. The van der Waals surface area contributed by atoms with Crippen LogP contribution in [-0.4, -0.2) is 59.5 Å². The minimum absolute atomic E-state index is 0. The van der Waals surface area contributed by atoms with E-state index in [9.17, 15) is 4.79 Å². The van der Waals surface area contributed by atoms with Gasteiger partial charge in [-0.15, -0.1) is 12.4 Å². The third-order valence-corrected chi connectivity index (χ3v) is 5.48. The molecule has 1 fully saturated rings. The second-order valence-electron chi connectivity index (χ2n) is 8.77. The van der Waals surface area contributed by atoms with Crippen LogP contribution in [0.5, 0.6) is 5.75 Å². The van der Waals surface area contributed by atoms with E-state index in [0.29, 0.717) is 0 Å². The van der Waals surface area contributed by atoms with Gasteiger partial charge in [-0.1, -0.05) is 39.0 Å². The second-order valence-corrected chi connectivity index (χ2v) is 8.77. The first-order valence-electron chi connectivity index (χ1n) is 10.5. The first-order chi connectivity index (χ1) is 13.8. The summed E-state index contributed by atoms with van der Waals surface area (Å²) in [7, 11) is 0. The molecule has 1 aliphatic heterocycles. The molecule has 2 heterocycles. The summed E-state index contributed by atoms with van der Waals surface area (Å²) in [6.45, 7) is 12.7. The van der Waals surface area contributed by atoms with Crippen LogP contribution in [0.1, 0.15) is 39.0 Å². The Bertz CT molecular complexity index is 782. The van der Waals surface area contributed by atoms with E-state index in [1.165, 1.54) is 5.56 Å². The Morgan fingerprint density at radius 3 is 2.30 bits per heavy atom. The SMILES string of the molecule is CC(Oc1ccc(C(C)(C)C)cc1)C(=O)N1CCN(CCc2ccccn2)CC1.Cl. The number of piperazine rings is 1. The number of hydrogen-bond acceptors (Lipinski definition) is 4. The third kappa shape index (κ3) is 6.71. The number of amides is 1. The first-order valence-corrected chi connectivity index (χ1v) is 10.5. The Morgan fingerprint density at radius 2 is 1.73 bits per heavy atom. The highest BCUT2D eigenvalue weighted by atomic mass is 35.5. The van der Waals surface area contributed by atoms with Crippen molar-refractivity contribution in [3.63, 3.8) is 0 Å². The normalized spacial score (nSPS) is 15.9. The van der Waals surface area contributed by atoms with Crippen LogP contribution in [0.25, 0.3) is 0 Å². The number of pyridine rings is 1. The molecule has 0 saturated carbocycles. The summed E-state index contributed by atoms with van der Waals surface area (Å²) in [6, 6.07) is 14.1. The highest BCUT2D eigenvalue weighted by Crippen LogP contribution is 2.24. The van der Waals surface area contributed by atoms with Crippen molar-refractivity contribution in [3.8, 4) is 5.75 Å². The predicted octanol–water partition coefficient (Wildman–Crippen LogP) is 3.96. The van der Waals surface area contributed by atoms with Crippen molar-refractivity contribution < 1.29 is 9.53 Å². The average molecular weight is 432 g/mol. The molecule has 0 spiro atoms. The Labute approximate surface area is 186 Å². The molecule has 3 rings (SSSR count). The highest BCUT2D eigenvalue weighted by molar-refractivity contribution is 5.85. The number of halogens is 1. The van der Waals surface area contributed by atoms with Gasteiger partial charge in [-0.3, -0.25) is 14.7 Å². The first kappa shape index (κ1) is 24.2. The number of rotatable bonds is 6. The van der Waals surface area contributed by atoms with Crippen molar-refractivity contribution in [1.29, 1.82) is 0 Å². The molecule has 2 aromatic rings. The zero-order valence-electron chi connectivity index (χ0n) is 18.5. The molecule has 30 heavy (non-hydrogen) atoms. The molecule has 0 N–H and O–H groups in total. The Morgan fingerprint density at radius 1 is 1.07 bits per heavy atom. The largest absolute Gasteiger partial charge is 0.481 e. The monoisotopic (exact) mass is 431 g/mol. The van der Waals surface area contributed by atoms with E-state index >= 15 is 0 Å². The maximum Gasteiger partial charge on any atom is 0.263 e. The number of nitrogens with zero attached hydrogens (tertiary/aromatic N) is 3. The van der Waals surface area contributed by atoms with Gasteiger partial charge < -0.3 is 9.64 Å². The Hall–Kier alpha value is -2.11. The van der Waals surface area contributed by atoms with E-state index in [1.807, 2.05) is 42.3 Å². The standard InChI is InChI=1S/C24H33N3O2.ClH/c1-19(29-22-10-8-20(9-11-22)24(2,3)4)23(28)27-17-15-26(16-18-27)14-12-21-7-5-6-13-25-21;/h5-11,13,19H,12,14-18H2,1-4H3;1H. The van der Waals surface area contributed by atoms with E-state index in [1.54, 1.807) is 0 Å². The molecule has 0 aliphatic carbocycles. The van der Waals surface area contributed by atoms with Crippen molar-refractivity contribution in [2.24, 2.45) is 0 Å². The summed E-state index contributed by atoms with van der Waals surface area (Å²) >= 11 is 0. The minimum atomic E-state index is -0.476. The third-order valence-electron chi connectivity index (χ3n) is 5.48. The van der Waals surface area contributed by atoms with Crippen molar-refractivity contribution in [3.05, 3.63) is 59.9 Å². The lowest BCUT2D eigenvalue weighted by molar-refractivity contribution is -0.139. The van der Waals surface area contributed by atoms with Crippen LogP contribution in [0, 0.1) is 0 Å². The van der Waals surface area contributed by atoms with Crippen molar-refractivity contribution in [2.45, 2.75) is 45.6 Å². The molecular weight excluding hydrogens is 398 g/mol. The number of ether oxygens (including phenoxy) is 1. The van der Waals surface area contributed by atoms with Crippen LogP contribution in [0.15, 0.2) is 48.7 Å². The van der Waals surface area contributed by atoms with Gasteiger partial charge in [0.15, 0.2) is 6.10 Å². The second kappa shape index (κ2) is 10.8. The lowest BCUT2D eigenvalue weighted by Crippen LogP contribution is -2.52. The van der Waals surface area contributed by atoms with Crippen LogP contribution in [0.2, 0.25) is 0 Å². The number of hydrogen-bond donors (Lipinski definition) is 0. The predicted molar refractivity (Wildman–Crippen MR) is 123 cm³/mol. The van der Waals surface area contributed by atoms with Crippen molar-refractivity contribution in [2.75, 3.05) is 32.7 Å². The van der Waals surface area contributed by atoms with Gasteiger partial charge in [0, 0.05) is 51.0 Å². The van der Waals surface area contributed by atoms with Crippen molar-refractivity contribution in [1.82, 2.24) is 14.8 Å². The van der Waals surface area contributed by atoms with E-state index in [4.69, 9.17) is 4.74 Å². The molecule has 1 atom stereocenters. The van der Waals surface area contributed by atoms with Crippen LogP contribution >= 0.6 is 12.4 Å². The van der Waals surface area contributed by atoms with Gasteiger partial charge >= 0.3 is 0 Å². The van der Waals surface area contributed by atoms with Crippen LogP contribution in [0.4, 0.5) is 0 Å². The van der Waals surface area contributed by atoms with Crippen LogP contribution < -0.4 is 4.74 Å². The lowest BCUT2D eigenvalue weighted by Gasteiger charge is -2.35. The summed E-state index contributed by atoms with van der Waals surface area (Å²) in [4.78, 5) is 21.5. The molecule has 1 aromatic carbocycles. The highest BCUT2D eigenvalue weighted by Gasteiger charge is 2.26. The van der Waals surface area contributed by atoms with E-state index in [-0.39, 0.29) is 23.7 Å². The molecule has 1 saturated heterocycles. The fourth-order valence-corrected chi connectivity index (χ4v) is 3.56. The van der Waals surface area contributed by atoms with Gasteiger partial charge in [0.05, 0.1) is 0 Å². The molecule has 1 amide bonds. The summed E-state index contributed by atoms with van der Waals surface area (Å²) in [5.74, 6) is 0.808.